The number of aliphatic hydroxyl groups excluding tert-OH is 2. The van der Waals surface area contributed by atoms with E-state index in [0.717, 1.165) is 0 Å². The molecule has 0 bridgehead atoms. The van der Waals surface area contributed by atoms with E-state index in [2.05, 4.69) is 9.97 Å². The van der Waals surface area contributed by atoms with Crippen LogP contribution >= 0.6 is 0 Å². The van der Waals surface area contributed by atoms with Crippen molar-refractivity contribution in [3.05, 3.63) is 27.2 Å². The number of imidazole rings is 1. The summed E-state index contributed by atoms with van der Waals surface area (Å²) in [6.45, 7) is 0.962. The molecule has 4 N–H and O–H groups in total. The van der Waals surface area contributed by atoms with Crippen molar-refractivity contribution >= 4 is 17.1 Å². The molecular weight excluding hydrogens is 312 g/mol. The number of H-pyrrole nitrogens is 2. The molecule has 2 aromatic heterocycles. The Bertz CT molecular complexity index is 853. The van der Waals surface area contributed by atoms with Gasteiger partial charge in [-0.05, 0) is 0 Å². The first-order valence-electron chi connectivity index (χ1n) is 6.72. The Morgan fingerprint density at radius 2 is 2.13 bits per heavy atom. The maximum atomic E-state index is 11.7. The summed E-state index contributed by atoms with van der Waals surface area (Å²) in [6.07, 6.45) is -3.54. The first-order valence-corrected chi connectivity index (χ1v) is 6.72. The largest absolute Gasteiger partial charge is 0.463 e. The van der Waals surface area contributed by atoms with Gasteiger partial charge in [0.05, 0.1) is 6.33 Å². The average molecular weight is 326 g/mol. The summed E-state index contributed by atoms with van der Waals surface area (Å²) in [5.41, 5.74) is -1.43. The van der Waals surface area contributed by atoms with Crippen LogP contribution in [0.1, 0.15) is 13.2 Å². The lowest BCUT2D eigenvalue weighted by Crippen LogP contribution is -2.34. The van der Waals surface area contributed by atoms with Gasteiger partial charge in [0, 0.05) is 6.92 Å². The second-order valence-corrected chi connectivity index (χ2v) is 5.11. The lowest BCUT2D eigenvalue weighted by Gasteiger charge is -2.16. The topological polar surface area (TPSA) is 160 Å². The number of aromatic amines is 2. The van der Waals surface area contributed by atoms with Crippen LogP contribution in [0.5, 0.6) is 0 Å². The number of esters is 1. The second kappa shape index (κ2) is 5.61. The molecule has 1 saturated heterocycles. The molecule has 0 unspecified atom stereocenters. The number of aliphatic hydroxyl groups is 2. The van der Waals surface area contributed by atoms with E-state index in [1.807, 2.05) is 4.98 Å². The Balaban J connectivity index is 1.94. The number of carbonyl (C=O) groups is 1. The number of hydrogen-bond donors (Lipinski definition) is 4. The molecule has 0 spiro atoms. The first-order chi connectivity index (χ1) is 10.9. The van der Waals surface area contributed by atoms with Gasteiger partial charge in [0.15, 0.2) is 11.7 Å². The van der Waals surface area contributed by atoms with E-state index in [1.54, 1.807) is 0 Å². The molecular formula is C12H14N4O7. The molecule has 0 aliphatic carbocycles. The summed E-state index contributed by atoms with van der Waals surface area (Å²) in [4.78, 5) is 42.1. The number of ether oxygens (including phenoxy) is 2. The van der Waals surface area contributed by atoms with E-state index in [1.165, 1.54) is 17.8 Å². The fraction of sp³-hybridized carbons (Fsp3) is 0.500. The average Bonchev–Trinajstić information content (AvgIpc) is 3.00. The molecule has 1 aliphatic heterocycles. The molecule has 4 atom stereocenters. The lowest BCUT2D eigenvalue weighted by atomic mass is 10.1. The predicted octanol–water partition coefficient (Wildman–Crippen LogP) is -2.40. The van der Waals surface area contributed by atoms with Crippen molar-refractivity contribution < 1.29 is 24.5 Å². The second-order valence-electron chi connectivity index (χ2n) is 5.11. The highest BCUT2D eigenvalue weighted by atomic mass is 16.6. The summed E-state index contributed by atoms with van der Waals surface area (Å²) < 4.78 is 11.5. The van der Waals surface area contributed by atoms with Gasteiger partial charge in [-0.25, -0.2) is 9.78 Å². The maximum absolute atomic E-state index is 11.7. The quantitative estimate of drug-likeness (QED) is 0.454. The minimum Gasteiger partial charge on any atom is -0.463 e. The summed E-state index contributed by atoms with van der Waals surface area (Å²) >= 11 is 0. The van der Waals surface area contributed by atoms with Gasteiger partial charge in [-0.3, -0.25) is 24.1 Å². The highest BCUT2D eigenvalue weighted by Gasteiger charge is 2.44. The van der Waals surface area contributed by atoms with E-state index in [-0.39, 0.29) is 17.8 Å². The van der Waals surface area contributed by atoms with Crippen molar-refractivity contribution in [1.82, 2.24) is 19.5 Å². The van der Waals surface area contributed by atoms with Crippen LogP contribution in [0.2, 0.25) is 0 Å². The van der Waals surface area contributed by atoms with Gasteiger partial charge in [0.25, 0.3) is 5.56 Å². The monoisotopic (exact) mass is 326 g/mol. The molecule has 124 valence electrons. The van der Waals surface area contributed by atoms with E-state index >= 15 is 0 Å². The van der Waals surface area contributed by atoms with Crippen molar-refractivity contribution in [2.45, 2.75) is 31.5 Å². The molecule has 0 radical (unpaired) electrons. The van der Waals surface area contributed by atoms with Gasteiger partial charge in [0.1, 0.15) is 30.6 Å². The Labute approximate surface area is 127 Å². The van der Waals surface area contributed by atoms with Gasteiger partial charge in [-0.15, -0.1) is 0 Å². The third-order valence-electron chi connectivity index (χ3n) is 3.53. The zero-order valence-corrected chi connectivity index (χ0v) is 11.9. The van der Waals surface area contributed by atoms with E-state index in [4.69, 9.17) is 9.47 Å². The van der Waals surface area contributed by atoms with Crippen LogP contribution in [0.25, 0.3) is 11.2 Å². The van der Waals surface area contributed by atoms with Gasteiger partial charge >= 0.3 is 11.7 Å². The zero-order valence-electron chi connectivity index (χ0n) is 11.9. The summed E-state index contributed by atoms with van der Waals surface area (Å²) in [7, 11) is 0. The van der Waals surface area contributed by atoms with Crippen LogP contribution in [0, 0.1) is 0 Å². The van der Waals surface area contributed by atoms with Crippen LogP contribution in [0.3, 0.4) is 0 Å². The number of nitrogens with one attached hydrogen (secondary N) is 2. The van der Waals surface area contributed by atoms with E-state index in [0.29, 0.717) is 0 Å². The Morgan fingerprint density at radius 3 is 2.83 bits per heavy atom. The number of aromatic nitrogens is 4. The Hall–Kier alpha value is -2.50. The van der Waals surface area contributed by atoms with Crippen molar-refractivity contribution in [2.24, 2.45) is 0 Å². The normalized spacial score (nSPS) is 27.4. The molecule has 11 heteroatoms. The summed E-state index contributed by atoms with van der Waals surface area (Å²) in [5, 5.41) is 20.1. The van der Waals surface area contributed by atoms with Crippen LogP contribution in [-0.4, -0.2) is 60.6 Å². The molecule has 23 heavy (non-hydrogen) atoms. The SMILES string of the molecule is CC(=O)OC[C@H]1O[C@@H](n2cnc3c(=O)[nH]c(=O)[nH]c32)[C@H](O)[C@@H]1O. The molecule has 0 amide bonds. The minimum absolute atomic E-state index is 0.0432. The fourth-order valence-corrected chi connectivity index (χ4v) is 2.44. The van der Waals surface area contributed by atoms with Crippen LogP contribution in [0.4, 0.5) is 0 Å². The smallest absolute Gasteiger partial charge is 0.327 e. The van der Waals surface area contributed by atoms with E-state index < -0.39 is 41.8 Å². The van der Waals surface area contributed by atoms with Crippen LogP contribution in [0.15, 0.2) is 15.9 Å². The molecule has 3 rings (SSSR count). The number of hydrogen-bond acceptors (Lipinski definition) is 8. The third-order valence-corrected chi connectivity index (χ3v) is 3.53. The summed E-state index contributed by atoms with van der Waals surface area (Å²) in [5.74, 6) is -0.553. The van der Waals surface area contributed by atoms with Crippen LogP contribution < -0.4 is 11.2 Å². The minimum atomic E-state index is -1.37. The van der Waals surface area contributed by atoms with Gasteiger partial charge in [-0.2, -0.15) is 0 Å². The van der Waals surface area contributed by atoms with Crippen molar-refractivity contribution in [3.63, 3.8) is 0 Å². The molecule has 1 fully saturated rings. The van der Waals surface area contributed by atoms with Crippen molar-refractivity contribution in [3.8, 4) is 0 Å². The summed E-state index contributed by atoms with van der Waals surface area (Å²) in [6, 6.07) is 0. The molecule has 1 aliphatic rings. The highest BCUT2D eigenvalue weighted by Crippen LogP contribution is 2.30. The van der Waals surface area contributed by atoms with Gasteiger partial charge in [-0.1, -0.05) is 0 Å². The number of carbonyl (C=O) groups excluding carboxylic acids is 1. The van der Waals surface area contributed by atoms with Crippen molar-refractivity contribution in [2.75, 3.05) is 6.61 Å². The molecule has 11 nitrogen and oxygen atoms in total. The number of fused-ring (bicyclic) bond motifs is 1. The van der Waals surface area contributed by atoms with Crippen molar-refractivity contribution in [1.29, 1.82) is 0 Å². The lowest BCUT2D eigenvalue weighted by molar-refractivity contribution is -0.147. The third kappa shape index (κ3) is 2.65. The molecule has 0 aromatic carbocycles. The highest BCUT2D eigenvalue weighted by molar-refractivity contribution is 5.69. The maximum Gasteiger partial charge on any atom is 0.327 e. The molecule has 0 saturated carbocycles. The standard InChI is InChI=1S/C12H14N4O7/c1-4(17)22-2-5-7(18)8(19)11(23-5)16-3-13-6-9(16)14-12(21)15-10(6)20/h3,5,7-8,11,18-19H,2H2,1H3,(H2,14,15,20,21)/t5-,7-,8-,11-/m1/s1. The Kier molecular flexibility index (Phi) is 3.75. The first kappa shape index (κ1) is 15.4. The zero-order chi connectivity index (χ0) is 16.7. The molecule has 3 heterocycles. The van der Waals surface area contributed by atoms with Crippen LogP contribution in [-0.2, 0) is 14.3 Å². The van der Waals surface area contributed by atoms with E-state index in [9.17, 15) is 24.6 Å². The number of nitrogens with zero attached hydrogens (tertiary/aromatic N) is 2. The fourth-order valence-electron chi connectivity index (χ4n) is 2.44. The number of rotatable bonds is 3. The van der Waals surface area contributed by atoms with Gasteiger partial charge < -0.3 is 19.7 Å². The van der Waals surface area contributed by atoms with Gasteiger partial charge in [0.2, 0.25) is 0 Å². The Morgan fingerprint density at radius 1 is 1.39 bits per heavy atom. The predicted molar refractivity (Wildman–Crippen MR) is 73.5 cm³/mol. The molecule has 2 aromatic rings.